The van der Waals surface area contributed by atoms with E-state index in [-0.39, 0.29) is 24.4 Å². The van der Waals surface area contributed by atoms with Gasteiger partial charge in [-0.1, -0.05) is 60.7 Å². The van der Waals surface area contributed by atoms with E-state index in [0.717, 1.165) is 22.9 Å². The fourth-order valence-corrected chi connectivity index (χ4v) is 4.43. The van der Waals surface area contributed by atoms with Crippen LogP contribution in [0.3, 0.4) is 0 Å². The lowest BCUT2D eigenvalue weighted by molar-refractivity contribution is 0.0962. The molecule has 10 heteroatoms. The minimum Gasteiger partial charge on any atom is -0.493 e. The number of carboxylic acid groups (broad SMARTS) is 1. The summed E-state index contributed by atoms with van der Waals surface area (Å²) >= 11 is 0. The van der Waals surface area contributed by atoms with Gasteiger partial charge < -0.3 is 19.8 Å². The van der Waals surface area contributed by atoms with Crippen LogP contribution in [0.5, 0.6) is 5.75 Å². The first kappa shape index (κ1) is 28.7. The van der Waals surface area contributed by atoms with Gasteiger partial charge in [-0.3, -0.25) is 4.79 Å². The van der Waals surface area contributed by atoms with Crippen molar-refractivity contribution in [2.24, 2.45) is 0 Å². The highest BCUT2D eigenvalue weighted by atomic mass is 32.2. The second-order valence-electron chi connectivity index (χ2n) is 8.80. The van der Waals surface area contributed by atoms with Gasteiger partial charge in [-0.2, -0.15) is 0 Å². The highest BCUT2D eigenvalue weighted by molar-refractivity contribution is 7.89. The number of rotatable bonds is 12. The summed E-state index contributed by atoms with van der Waals surface area (Å²) in [4.78, 5) is 25.2. The number of ether oxygens (including phenoxy) is 1. The third kappa shape index (κ3) is 8.32. The molecule has 202 valence electrons. The van der Waals surface area contributed by atoms with Crippen molar-refractivity contribution in [2.45, 2.75) is 25.9 Å². The summed E-state index contributed by atoms with van der Waals surface area (Å²) < 4.78 is 30.4. The third-order valence-corrected chi connectivity index (χ3v) is 6.39. The minimum absolute atomic E-state index is 0.00134. The average molecular weight is 541 g/mol. The van der Waals surface area contributed by atoms with Crippen molar-refractivity contribution in [3.63, 3.8) is 0 Å². The summed E-state index contributed by atoms with van der Waals surface area (Å²) in [5, 5.41) is 19.9. The number of aliphatic hydroxyl groups excluding tert-OH is 1. The van der Waals surface area contributed by atoms with Crippen molar-refractivity contribution >= 4 is 22.0 Å². The summed E-state index contributed by atoms with van der Waals surface area (Å²) in [6, 6.07) is 21.6. The number of benzene rings is 3. The first-order chi connectivity index (χ1) is 18.1. The second-order valence-corrected chi connectivity index (χ2v) is 10.6. The molecule has 0 spiro atoms. The number of hydrogen-bond donors (Lipinski definition) is 3. The Labute approximate surface area is 222 Å². The Kier molecular flexibility index (Phi) is 9.86. The van der Waals surface area contributed by atoms with E-state index in [1.165, 1.54) is 11.0 Å². The SMILES string of the molecule is CCOc1cc(-c2ccc(CCCN(C[C@H](O)c3ccccc3)C(=O)O)cc2)ccc1C(=O)NS(C)(=O)=O. The largest absolute Gasteiger partial charge is 0.493 e. The van der Waals surface area contributed by atoms with E-state index >= 15 is 0 Å². The highest BCUT2D eigenvalue weighted by Gasteiger charge is 2.19. The van der Waals surface area contributed by atoms with Gasteiger partial charge in [-0.25, -0.2) is 17.9 Å². The van der Waals surface area contributed by atoms with Crippen LogP contribution in [-0.4, -0.2) is 61.5 Å². The van der Waals surface area contributed by atoms with Gasteiger partial charge in [0.15, 0.2) is 0 Å². The molecule has 0 fully saturated rings. The Balaban J connectivity index is 1.63. The molecule has 3 aromatic carbocycles. The summed E-state index contributed by atoms with van der Waals surface area (Å²) in [5.74, 6) is -0.480. The van der Waals surface area contributed by atoms with Crippen LogP contribution in [0.2, 0.25) is 0 Å². The number of carbonyl (C=O) groups excluding carboxylic acids is 1. The fourth-order valence-electron chi connectivity index (χ4n) is 3.98. The van der Waals surface area contributed by atoms with Gasteiger partial charge in [-0.05, 0) is 54.2 Å². The molecule has 0 radical (unpaired) electrons. The van der Waals surface area contributed by atoms with E-state index < -0.39 is 28.1 Å². The van der Waals surface area contributed by atoms with Gasteiger partial charge in [0.25, 0.3) is 5.91 Å². The normalized spacial score (nSPS) is 12.0. The maximum atomic E-state index is 12.3. The van der Waals surface area contributed by atoms with E-state index in [0.29, 0.717) is 25.0 Å². The molecule has 1 atom stereocenters. The van der Waals surface area contributed by atoms with Gasteiger partial charge in [0.2, 0.25) is 10.0 Å². The molecule has 0 saturated heterocycles. The van der Waals surface area contributed by atoms with Crippen LogP contribution in [-0.2, 0) is 16.4 Å². The average Bonchev–Trinajstić information content (AvgIpc) is 2.88. The zero-order valence-electron chi connectivity index (χ0n) is 21.3. The van der Waals surface area contributed by atoms with Crippen LogP contribution < -0.4 is 9.46 Å². The van der Waals surface area contributed by atoms with E-state index in [4.69, 9.17) is 4.74 Å². The lowest BCUT2D eigenvalue weighted by Gasteiger charge is -2.22. The fraction of sp³-hybridized carbons (Fsp3) is 0.286. The zero-order valence-corrected chi connectivity index (χ0v) is 22.1. The Morgan fingerprint density at radius 3 is 2.26 bits per heavy atom. The molecule has 0 aliphatic heterocycles. The number of aliphatic hydroxyl groups is 1. The molecule has 38 heavy (non-hydrogen) atoms. The van der Waals surface area contributed by atoms with Crippen molar-refractivity contribution in [1.82, 2.24) is 9.62 Å². The number of hydrogen-bond acceptors (Lipinski definition) is 6. The number of aryl methyl sites for hydroxylation is 1. The smallest absolute Gasteiger partial charge is 0.407 e. The Bertz CT molecular complexity index is 1340. The van der Waals surface area contributed by atoms with Crippen molar-refractivity contribution in [2.75, 3.05) is 26.0 Å². The van der Waals surface area contributed by atoms with Crippen LogP contribution in [0.1, 0.15) is 40.9 Å². The standard InChI is InChI=1S/C28H32N2O7S/c1-3-37-26-18-23(15-16-24(26)27(32)29-38(2,35)36)21-13-11-20(12-14-21)8-7-17-30(28(33)34)19-25(31)22-9-5-4-6-10-22/h4-6,9-16,18,25,31H,3,7-8,17,19H2,1-2H3,(H,29,32)(H,33,34)/t25-/m0/s1. The Hall–Kier alpha value is -3.89. The van der Waals surface area contributed by atoms with Gasteiger partial charge in [0.1, 0.15) is 5.75 Å². The highest BCUT2D eigenvalue weighted by Crippen LogP contribution is 2.28. The molecule has 3 N–H and O–H groups in total. The number of nitrogens with zero attached hydrogens (tertiary/aromatic N) is 1. The van der Waals surface area contributed by atoms with Crippen LogP contribution in [0.25, 0.3) is 11.1 Å². The second kappa shape index (κ2) is 13.1. The van der Waals surface area contributed by atoms with Crippen molar-refractivity contribution < 1.29 is 33.0 Å². The number of sulfonamides is 1. The maximum absolute atomic E-state index is 12.3. The van der Waals surface area contributed by atoms with Crippen LogP contribution in [0.15, 0.2) is 72.8 Å². The van der Waals surface area contributed by atoms with Crippen molar-refractivity contribution in [1.29, 1.82) is 0 Å². The summed E-state index contributed by atoms with van der Waals surface area (Å²) in [7, 11) is -3.71. The van der Waals surface area contributed by atoms with Crippen LogP contribution >= 0.6 is 0 Å². The lowest BCUT2D eigenvalue weighted by atomic mass is 10.00. The zero-order chi connectivity index (χ0) is 27.7. The predicted octanol–water partition coefficient (Wildman–Crippen LogP) is 4.09. The molecular weight excluding hydrogens is 508 g/mol. The van der Waals surface area contributed by atoms with Crippen LogP contribution in [0, 0.1) is 0 Å². The molecule has 0 bridgehead atoms. The minimum atomic E-state index is -3.71. The van der Waals surface area contributed by atoms with Crippen molar-refractivity contribution in [3.05, 3.63) is 89.5 Å². The molecule has 0 aromatic heterocycles. The molecular formula is C28H32N2O7S. The molecule has 0 heterocycles. The van der Waals surface area contributed by atoms with E-state index in [1.54, 1.807) is 43.3 Å². The van der Waals surface area contributed by atoms with Crippen molar-refractivity contribution in [3.8, 4) is 16.9 Å². The number of carbonyl (C=O) groups is 2. The van der Waals surface area contributed by atoms with Gasteiger partial charge in [-0.15, -0.1) is 0 Å². The molecule has 9 nitrogen and oxygen atoms in total. The monoisotopic (exact) mass is 540 g/mol. The summed E-state index contributed by atoms with van der Waals surface area (Å²) in [6.45, 7) is 2.36. The first-order valence-corrected chi connectivity index (χ1v) is 14.1. The summed E-state index contributed by atoms with van der Waals surface area (Å²) in [5.41, 5.74) is 3.49. The molecule has 0 unspecified atom stereocenters. The molecule has 3 rings (SSSR count). The predicted molar refractivity (Wildman–Crippen MR) is 145 cm³/mol. The first-order valence-electron chi connectivity index (χ1n) is 12.2. The quantitative estimate of drug-likeness (QED) is 0.315. The summed E-state index contributed by atoms with van der Waals surface area (Å²) in [6.07, 6.45) is 0.187. The topological polar surface area (TPSA) is 133 Å². The number of nitrogens with one attached hydrogen (secondary N) is 1. The van der Waals surface area contributed by atoms with E-state index in [9.17, 15) is 28.2 Å². The lowest BCUT2D eigenvalue weighted by Crippen LogP contribution is -2.34. The Morgan fingerprint density at radius 1 is 1.00 bits per heavy atom. The molecule has 3 aromatic rings. The van der Waals surface area contributed by atoms with Gasteiger partial charge in [0, 0.05) is 6.54 Å². The molecule has 2 amide bonds. The molecule has 0 aliphatic carbocycles. The Morgan fingerprint density at radius 2 is 1.66 bits per heavy atom. The van der Waals surface area contributed by atoms with Gasteiger partial charge >= 0.3 is 6.09 Å². The van der Waals surface area contributed by atoms with Crippen LogP contribution in [0.4, 0.5) is 4.79 Å². The maximum Gasteiger partial charge on any atom is 0.407 e. The molecule has 0 aliphatic rings. The molecule has 0 saturated carbocycles. The number of amides is 2. The third-order valence-electron chi connectivity index (χ3n) is 5.83. The van der Waals surface area contributed by atoms with E-state index in [1.807, 2.05) is 35.1 Å². The van der Waals surface area contributed by atoms with Gasteiger partial charge in [0.05, 0.1) is 31.1 Å². The van der Waals surface area contributed by atoms with E-state index in [2.05, 4.69) is 0 Å².